The van der Waals surface area contributed by atoms with E-state index in [1.807, 2.05) is 36.6 Å². The molecule has 0 bridgehead atoms. The highest BCUT2D eigenvalue weighted by Crippen LogP contribution is 2.20. The fourth-order valence-corrected chi connectivity index (χ4v) is 3.27. The summed E-state index contributed by atoms with van der Waals surface area (Å²) < 4.78 is 1.68. The minimum Gasteiger partial charge on any atom is -0.302 e. The summed E-state index contributed by atoms with van der Waals surface area (Å²) in [5.74, 6) is 0.519. The van der Waals surface area contributed by atoms with Crippen molar-refractivity contribution in [2.75, 3.05) is 11.1 Å². The van der Waals surface area contributed by atoms with Crippen molar-refractivity contribution in [2.24, 2.45) is 0 Å². The minimum absolute atomic E-state index is 0.0676. The molecule has 23 heavy (non-hydrogen) atoms. The van der Waals surface area contributed by atoms with E-state index < -0.39 is 0 Å². The van der Waals surface area contributed by atoms with Crippen molar-refractivity contribution in [3.63, 3.8) is 0 Å². The molecule has 2 aromatic heterocycles. The largest absolute Gasteiger partial charge is 0.302 e. The summed E-state index contributed by atoms with van der Waals surface area (Å²) in [5.41, 5.74) is 2.04. The topological polar surface area (TPSA) is 85.6 Å². The van der Waals surface area contributed by atoms with Crippen LogP contribution in [0.2, 0.25) is 0 Å². The average molecular weight is 346 g/mol. The van der Waals surface area contributed by atoms with E-state index in [0.29, 0.717) is 22.5 Å². The van der Waals surface area contributed by atoms with Crippen LogP contribution in [0.3, 0.4) is 0 Å². The number of tetrazole rings is 1. The Bertz CT molecular complexity index is 786. The molecule has 9 heteroatoms. The summed E-state index contributed by atoms with van der Waals surface area (Å²) in [6.45, 7) is 2.02. The van der Waals surface area contributed by atoms with Crippen LogP contribution >= 0.6 is 23.1 Å². The second-order valence-electron chi connectivity index (χ2n) is 4.70. The lowest BCUT2D eigenvalue weighted by molar-refractivity contribution is -0.115. The van der Waals surface area contributed by atoms with Gasteiger partial charge in [0, 0.05) is 23.8 Å². The first-order valence-corrected chi connectivity index (χ1v) is 8.76. The molecule has 0 radical (unpaired) electrons. The fourth-order valence-electron chi connectivity index (χ4n) is 1.89. The number of carbonyl (C=O) groups is 1. The molecule has 1 amide bonds. The van der Waals surface area contributed by atoms with Crippen LogP contribution in [0.1, 0.15) is 12.0 Å². The second kappa shape index (κ2) is 7.34. The number of hydrogen-bond donors (Lipinski definition) is 1. The van der Waals surface area contributed by atoms with Gasteiger partial charge < -0.3 is 5.32 Å². The van der Waals surface area contributed by atoms with E-state index in [1.165, 1.54) is 23.1 Å². The Morgan fingerprint density at radius 3 is 3.13 bits per heavy atom. The van der Waals surface area contributed by atoms with Gasteiger partial charge in [0.15, 0.2) is 5.13 Å². The van der Waals surface area contributed by atoms with Crippen LogP contribution in [-0.4, -0.2) is 36.9 Å². The Morgan fingerprint density at radius 1 is 1.43 bits per heavy atom. The van der Waals surface area contributed by atoms with Crippen molar-refractivity contribution >= 4 is 34.1 Å². The van der Waals surface area contributed by atoms with Gasteiger partial charge in [-0.15, -0.1) is 16.4 Å². The van der Waals surface area contributed by atoms with E-state index in [-0.39, 0.29) is 5.91 Å². The van der Waals surface area contributed by atoms with E-state index in [2.05, 4.69) is 25.8 Å². The molecule has 3 rings (SSSR count). The first-order chi connectivity index (χ1) is 11.2. The highest BCUT2D eigenvalue weighted by molar-refractivity contribution is 7.99. The Hall–Kier alpha value is -2.26. The maximum absolute atomic E-state index is 11.8. The lowest BCUT2D eigenvalue weighted by Gasteiger charge is -2.05. The molecule has 0 fully saturated rings. The molecule has 0 saturated heterocycles. The molecule has 0 aliphatic rings. The van der Waals surface area contributed by atoms with E-state index in [0.717, 1.165) is 11.3 Å². The predicted molar refractivity (Wildman–Crippen MR) is 90.0 cm³/mol. The number of thioether (sulfide) groups is 1. The summed E-state index contributed by atoms with van der Waals surface area (Å²) in [6.07, 6.45) is 2.02. The van der Waals surface area contributed by atoms with E-state index in [9.17, 15) is 4.79 Å². The molecule has 0 aliphatic heterocycles. The molecule has 0 saturated carbocycles. The molecule has 118 valence electrons. The molecule has 1 aromatic carbocycles. The predicted octanol–water partition coefficient (Wildman–Crippen LogP) is 2.55. The third-order valence-electron chi connectivity index (χ3n) is 2.93. The van der Waals surface area contributed by atoms with Crippen LogP contribution in [0, 0.1) is 6.92 Å². The Kier molecular flexibility index (Phi) is 4.99. The molecule has 7 nitrogen and oxygen atoms in total. The third-order valence-corrected chi connectivity index (χ3v) is 4.54. The Morgan fingerprint density at radius 2 is 2.35 bits per heavy atom. The van der Waals surface area contributed by atoms with Crippen LogP contribution in [0.4, 0.5) is 5.13 Å². The lowest BCUT2D eigenvalue weighted by Crippen LogP contribution is -2.12. The molecular formula is C14H14N6OS2. The number of aromatic nitrogens is 5. The summed E-state index contributed by atoms with van der Waals surface area (Å²) in [5, 5.41) is 17.6. The smallest absolute Gasteiger partial charge is 0.226 e. The second-order valence-corrected chi connectivity index (χ2v) is 6.65. The van der Waals surface area contributed by atoms with Gasteiger partial charge in [-0.3, -0.25) is 4.79 Å². The number of aryl methyl sites for hydroxylation is 1. The Balaban J connectivity index is 1.57. The van der Waals surface area contributed by atoms with E-state index in [1.54, 1.807) is 10.9 Å². The van der Waals surface area contributed by atoms with Gasteiger partial charge in [-0.1, -0.05) is 23.9 Å². The van der Waals surface area contributed by atoms with Crippen LogP contribution in [0.25, 0.3) is 5.69 Å². The summed E-state index contributed by atoms with van der Waals surface area (Å²) in [4.78, 5) is 15.8. The number of amides is 1. The maximum Gasteiger partial charge on any atom is 0.226 e. The van der Waals surface area contributed by atoms with E-state index >= 15 is 0 Å². The first kappa shape index (κ1) is 15.6. The highest BCUT2D eigenvalue weighted by Gasteiger charge is 2.11. The van der Waals surface area contributed by atoms with Crippen LogP contribution in [-0.2, 0) is 4.79 Å². The summed E-state index contributed by atoms with van der Waals surface area (Å²) in [7, 11) is 0. The number of nitrogens with one attached hydrogen (secondary N) is 1. The van der Waals surface area contributed by atoms with Crippen molar-refractivity contribution < 1.29 is 4.79 Å². The van der Waals surface area contributed by atoms with Crippen molar-refractivity contribution in [3.05, 3.63) is 41.4 Å². The molecule has 2 heterocycles. The SMILES string of the molecule is Cc1cccc(-n2nnnc2SCCC(=O)Nc2nccs2)c1. The molecule has 3 aromatic rings. The van der Waals surface area contributed by atoms with Gasteiger partial charge >= 0.3 is 0 Å². The van der Waals surface area contributed by atoms with Gasteiger partial charge in [-0.05, 0) is 35.0 Å². The molecule has 0 aliphatic carbocycles. The monoisotopic (exact) mass is 346 g/mol. The maximum atomic E-state index is 11.8. The minimum atomic E-state index is -0.0676. The van der Waals surface area contributed by atoms with Crippen molar-refractivity contribution in [1.29, 1.82) is 0 Å². The molecule has 0 spiro atoms. The number of benzene rings is 1. The van der Waals surface area contributed by atoms with Crippen molar-refractivity contribution in [3.8, 4) is 5.69 Å². The quantitative estimate of drug-likeness (QED) is 0.690. The Labute approximate surface area is 141 Å². The van der Waals surface area contributed by atoms with E-state index in [4.69, 9.17) is 0 Å². The van der Waals surface area contributed by atoms with Gasteiger partial charge in [-0.25, -0.2) is 4.98 Å². The van der Waals surface area contributed by atoms with Crippen LogP contribution < -0.4 is 5.32 Å². The van der Waals surface area contributed by atoms with Crippen LogP contribution in [0.5, 0.6) is 0 Å². The van der Waals surface area contributed by atoms with Gasteiger partial charge in [0.25, 0.3) is 0 Å². The standard InChI is InChI=1S/C14H14N6OS2/c1-10-3-2-4-11(9-10)20-14(17-18-19-20)23-7-5-12(21)16-13-15-6-8-22-13/h2-4,6,8-9H,5,7H2,1H3,(H,15,16,21). The number of thiazole rings is 1. The number of nitrogens with zero attached hydrogens (tertiary/aromatic N) is 5. The number of carbonyl (C=O) groups excluding carboxylic acids is 1. The molecular weight excluding hydrogens is 332 g/mol. The zero-order valence-corrected chi connectivity index (χ0v) is 14.0. The lowest BCUT2D eigenvalue weighted by atomic mass is 10.2. The number of hydrogen-bond acceptors (Lipinski definition) is 7. The highest BCUT2D eigenvalue weighted by atomic mass is 32.2. The average Bonchev–Trinajstić information content (AvgIpc) is 3.19. The van der Waals surface area contributed by atoms with Gasteiger partial charge in [0.05, 0.1) is 5.69 Å². The van der Waals surface area contributed by atoms with Crippen molar-refractivity contribution in [2.45, 2.75) is 18.5 Å². The summed E-state index contributed by atoms with van der Waals surface area (Å²) >= 11 is 2.84. The van der Waals surface area contributed by atoms with Gasteiger partial charge in [-0.2, -0.15) is 4.68 Å². The first-order valence-electron chi connectivity index (χ1n) is 6.90. The zero-order chi connectivity index (χ0) is 16.1. The summed E-state index contributed by atoms with van der Waals surface area (Å²) in [6, 6.07) is 7.93. The third kappa shape index (κ3) is 4.14. The number of anilines is 1. The molecule has 1 N–H and O–H groups in total. The number of rotatable bonds is 6. The van der Waals surface area contributed by atoms with Gasteiger partial charge in [0.2, 0.25) is 11.1 Å². The van der Waals surface area contributed by atoms with Gasteiger partial charge in [0.1, 0.15) is 0 Å². The normalized spacial score (nSPS) is 10.7. The van der Waals surface area contributed by atoms with Crippen LogP contribution in [0.15, 0.2) is 41.0 Å². The van der Waals surface area contributed by atoms with Crippen molar-refractivity contribution in [1.82, 2.24) is 25.2 Å². The molecule has 0 unspecified atom stereocenters. The fraction of sp³-hybridized carbons (Fsp3) is 0.214. The zero-order valence-electron chi connectivity index (χ0n) is 12.3. The molecule has 0 atom stereocenters.